The number of Topliss-reactive ketones (excluding diaryl/α,β-unsaturated/α-hetero) is 1. The molecule has 6 aliphatic carbocycles. The molecule has 0 unspecified atom stereocenters. The molecule has 1 saturated heterocycles. The third kappa shape index (κ3) is 5.72. The Morgan fingerprint density at radius 2 is 1.69 bits per heavy atom. The van der Waals surface area contributed by atoms with E-state index in [1.54, 1.807) is 0 Å². The van der Waals surface area contributed by atoms with Crippen LogP contribution in [-0.4, -0.2) is 61.1 Å². The Labute approximate surface area is 309 Å². The van der Waals surface area contributed by atoms with Crippen LogP contribution in [-0.2, 0) is 14.3 Å². The molecule has 0 aromatic carbocycles. The van der Waals surface area contributed by atoms with Gasteiger partial charge in [0.2, 0.25) is 0 Å². The van der Waals surface area contributed by atoms with Crippen molar-refractivity contribution in [3.8, 4) is 0 Å². The first-order valence-electron chi connectivity index (χ1n) is 20.9. The van der Waals surface area contributed by atoms with Gasteiger partial charge in [-0.2, -0.15) is 0 Å². The molecule has 284 valence electrons. The average molecular weight is 705 g/mol. The maximum absolute atomic E-state index is 14.0. The van der Waals surface area contributed by atoms with Crippen molar-refractivity contribution in [1.29, 1.82) is 0 Å². The zero-order chi connectivity index (χ0) is 36.6. The summed E-state index contributed by atoms with van der Waals surface area (Å²) in [6.45, 7) is 24.1. The van der Waals surface area contributed by atoms with Crippen LogP contribution in [0.2, 0.25) is 0 Å². The number of piperidine rings is 1. The Balaban J connectivity index is 1.16. The minimum atomic E-state index is -0.992. The number of hydrogen-bond acceptors (Lipinski definition) is 5. The summed E-state index contributed by atoms with van der Waals surface area (Å²) in [5.41, 5.74) is 4.93. The fraction of sp³-hybridized carbons (Fsp3) is 0.822. The van der Waals surface area contributed by atoms with E-state index in [1.807, 2.05) is 0 Å². The van der Waals surface area contributed by atoms with Gasteiger partial charge in [0.25, 0.3) is 6.47 Å². The van der Waals surface area contributed by atoms with Gasteiger partial charge in [-0.05, 0) is 157 Å². The van der Waals surface area contributed by atoms with E-state index < -0.39 is 12.3 Å². The summed E-state index contributed by atoms with van der Waals surface area (Å²) in [6, 6.07) is 0. The van der Waals surface area contributed by atoms with Crippen LogP contribution < -0.4 is 5.32 Å². The van der Waals surface area contributed by atoms with Gasteiger partial charge in [-0.15, -0.1) is 0 Å². The molecular formula is C45H69FN2O3. The van der Waals surface area contributed by atoms with E-state index >= 15 is 0 Å². The first-order valence-corrected chi connectivity index (χ1v) is 20.9. The second-order valence-corrected chi connectivity index (χ2v) is 20.2. The number of alkyl halides is 1. The highest BCUT2D eigenvalue weighted by Crippen LogP contribution is 2.76. The molecule has 1 N–H and O–H groups in total. The van der Waals surface area contributed by atoms with Crippen molar-refractivity contribution in [2.45, 2.75) is 150 Å². The Bertz CT molecular complexity index is 1490. The molecule has 3 saturated carbocycles. The largest absolute Gasteiger partial charge is 0.458 e. The SMILES string of the molecule is CC1CCN(CCN[C@@]23CC[C@]4(C)[C@H](CC[C@@H]5[C@@]6(C)CC=C(C7=CC[C@](CF)(OC=O)CC7)C(C)(C)[C@@H]6CC[C@]54C)C2=C(C(C)C)C(=O)C3)CC1. The van der Waals surface area contributed by atoms with Crippen LogP contribution in [0.1, 0.15) is 139 Å². The minimum Gasteiger partial charge on any atom is -0.458 e. The highest BCUT2D eigenvalue weighted by atomic mass is 19.1. The van der Waals surface area contributed by atoms with Crippen molar-refractivity contribution in [3.63, 3.8) is 0 Å². The maximum Gasteiger partial charge on any atom is 0.293 e. The topological polar surface area (TPSA) is 58.6 Å². The molecule has 6 heteroatoms. The maximum atomic E-state index is 14.0. The van der Waals surface area contributed by atoms with Gasteiger partial charge in [0.05, 0.1) is 0 Å². The Kier molecular flexibility index (Phi) is 9.71. The lowest BCUT2D eigenvalue weighted by Gasteiger charge is -2.71. The van der Waals surface area contributed by atoms with E-state index in [-0.39, 0.29) is 33.1 Å². The van der Waals surface area contributed by atoms with Gasteiger partial charge >= 0.3 is 0 Å². The van der Waals surface area contributed by atoms with Gasteiger partial charge in [0.15, 0.2) is 5.78 Å². The number of hydrogen-bond donors (Lipinski definition) is 1. The lowest BCUT2D eigenvalue weighted by molar-refractivity contribution is -0.196. The van der Waals surface area contributed by atoms with Gasteiger partial charge in [-0.1, -0.05) is 67.5 Å². The van der Waals surface area contributed by atoms with Gasteiger partial charge in [-0.25, -0.2) is 4.39 Å². The van der Waals surface area contributed by atoms with E-state index in [1.165, 1.54) is 80.3 Å². The number of allylic oxidation sites excluding steroid dienone is 4. The normalized spacial score (nSPS) is 42.8. The zero-order valence-electron chi connectivity index (χ0n) is 33.4. The third-order valence-electron chi connectivity index (χ3n) is 17.2. The molecule has 51 heavy (non-hydrogen) atoms. The van der Waals surface area contributed by atoms with E-state index in [4.69, 9.17) is 4.74 Å². The van der Waals surface area contributed by atoms with Crippen molar-refractivity contribution < 1.29 is 18.7 Å². The molecule has 0 aromatic heterocycles. The summed E-state index contributed by atoms with van der Waals surface area (Å²) in [5.74, 6) is 3.18. The van der Waals surface area contributed by atoms with Gasteiger partial charge in [0.1, 0.15) is 12.3 Å². The number of carbonyl (C=O) groups excluding carboxylic acids is 2. The number of ether oxygens (including phenoxy) is 1. The van der Waals surface area contributed by atoms with Crippen molar-refractivity contribution in [2.75, 3.05) is 32.9 Å². The number of nitrogens with one attached hydrogen (secondary N) is 1. The second kappa shape index (κ2) is 13.2. The predicted molar refractivity (Wildman–Crippen MR) is 204 cm³/mol. The first kappa shape index (κ1) is 37.5. The van der Waals surface area contributed by atoms with E-state index in [0.717, 1.165) is 38.3 Å². The number of likely N-dealkylation sites (tertiary alicyclic amines) is 1. The standard InChI is InChI=1S/C45H69FN2O3/c1-30(2)38-35(50)27-45(47-23-26-48-24-15-31(3)16-25-48)22-21-42(7)34(39(38)45)9-10-37-41(6)17-13-33(40(4,5)36(41)14-18-43(37,42)8)32-11-19-44(28-46,20-12-32)51-29-49/h11,13,29-31,34,36-37,47H,9-10,12,14-28H2,1-8H3/t34-,36+,37-,41+,42-,43-,44+,45-/m1/s1. The van der Waals surface area contributed by atoms with Crippen LogP contribution in [0, 0.1) is 51.2 Å². The summed E-state index contributed by atoms with van der Waals surface area (Å²) in [5, 5.41) is 4.14. The van der Waals surface area contributed by atoms with Crippen molar-refractivity contribution in [2.24, 2.45) is 51.2 Å². The molecule has 1 aliphatic heterocycles. The second-order valence-electron chi connectivity index (χ2n) is 20.2. The summed E-state index contributed by atoms with van der Waals surface area (Å²) in [4.78, 5) is 27.8. The van der Waals surface area contributed by atoms with Crippen molar-refractivity contribution >= 4 is 12.3 Å². The van der Waals surface area contributed by atoms with Crippen LogP contribution in [0.25, 0.3) is 0 Å². The van der Waals surface area contributed by atoms with Crippen molar-refractivity contribution in [1.82, 2.24) is 10.2 Å². The molecule has 0 aromatic rings. The monoisotopic (exact) mass is 705 g/mol. The van der Waals surface area contributed by atoms with Crippen LogP contribution in [0.4, 0.5) is 4.39 Å². The summed E-state index contributed by atoms with van der Waals surface area (Å²) >= 11 is 0. The lowest BCUT2D eigenvalue weighted by Crippen LogP contribution is -2.66. The fourth-order valence-electron chi connectivity index (χ4n) is 14.2. The molecule has 0 bridgehead atoms. The Morgan fingerprint density at radius 3 is 2.33 bits per heavy atom. The van der Waals surface area contributed by atoms with Crippen LogP contribution in [0.5, 0.6) is 0 Å². The molecule has 1 heterocycles. The molecule has 7 rings (SSSR count). The summed E-state index contributed by atoms with van der Waals surface area (Å²) in [6.07, 6.45) is 18.0. The molecule has 7 aliphatic rings. The van der Waals surface area contributed by atoms with E-state index in [2.05, 4.69) is 77.8 Å². The van der Waals surface area contributed by atoms with Crippen LogP contribution in [0.15, 0.2) is 34.4 Å². The number of fused-ring (bicyclic) bond motifs is 7. The number of nitrogens with zero attached hydrogens (tertiary/aromatic N) is 1. The number of carbonyl (C=O) groups is 2. The van der Waals surface area contributed by atoms with Crippen molar-refractivity contribution in [3.05, 3.63) is 34.4 Å². The number of rotatable bonds is 9. The molecular weight excluding hydrogens is 636 g/mol. The fourth-order valence-corrected chi connectivity index (χ4v) is 14.2. The molecule has 0 amide bonds. The lowest BCUT2D eigenvalue weighted by atomic mass is 9.33. The number of ketones is 1. The molecule has 0 spiro atoms. The number of halogens is 1. The smallest absolute Gasteiger partial charge is 0.293 e. The van der Waals surface area contributed by atoms with Crippen LogP contribution >= 0.6 is 0 Å². The van der Waals surface area contributed by atoms with Gasteiger partial charge in [-0.3, -0.25) is 9.59 Å². The van der Waals surface area contributed by atoms with E-state index in [9.17, 15) is 14.0 Å². The molecule has 8 atom stereocenters. The average Bonchev–Trinajstić information content (AvgIpc) is 3.38. The Morgan fingerprint density at radius 1 is 0.941 bits per heavy atom. The molecule has 0 radical (unpaired) electrons. The highest BCUT2D eigenvalue weighted by Gasteiger charge is 2.69. The predicted octanol–water partition coefficient (Wildman–Crippen LogP) is 9.57. The highest BCUT2D eigenvalue weighted by molar-refractivity contribution is 6.01. The third-order valence-corrected chi connectivity index (χ3v) is 17.2. The van der Waals surface area contributed by atoms with Gasteiger partial charge < -0.3 is 15.0 Å². The minimum absolute atomic E-state index is 0.0163. The Hall–Kier alpha value is -1.79. The molecule has 4 fully saturated rings. The molecule has 5 nitrogen and oxygen atoms in total. The summed E-state index contributed by atoms with van der Waals surface area (Å²) < 4.78 is 19.3. The van der Waals surface area contributed by atoms with E-state index in [0.29, 0.717) is 49.3 Å². The first-order chi connectivity index (χ1) is 24.1. The van der Waals surface area contributed by atoms with Crippen LogP contribution in [0.3, 0.4) is 0 Å². The zero-order valence-corrected chi connectivity index (χ0v) is 33.4. The quantitative estimate of drug-likeness (QED) is 0.242. The van der Waals surface area contributed by atoms with Gasteiger partial charge in [0, 0.05) is 31.5 Å². The summed E-state index contributed by atoms with van der Waals surface area (Å²) in [7, 11) is 0.